The number of nitrogens with zero attached hydrogens (tertiary/aromatic N) is 9. The van der Waals surface area contributed by atoms with Crippen molar-refractivity contribution >= 4 is 18.2 Å². The first-order valence-electron chi connectivity index (χ1n) is 12.1. The Labute approximate surface area is 214 Å². The number of anilines is 1. The van der Waals surface area contributed by atoms with Gasteiger partial charge in [0, 0.05) is 69.0 Å². The predicted molar refractivity (Wildman–Crippen MR) is 140 cm³/mol. The van der Waals surface area contributed by atoms with Crippen LogP contribution < -0.4 is 4.90 Å². The monoisotopic (exact) mass is 500 g/mol. The Bertz CT molecular complexity index is 1390. The highest BCUT2D eigenvalue weighted by Crippen LogP contribution is 2.31. The number of nitrogens with one attached hydrogen (secondary N) is 1. The van der Waals surface area contributed by atoms with Gasteiger partial charge in [0.25, 0.3) is 0 Å². The SMILES string of the molecule is Cn1cc(-c2ccn(/C(=N\C=N)N3CCN(c4ncc(C(C)(C)c5ccc(F)cc5)cn4)CC3)n2)cn1. The smallest absolute Gasteiger partial charge is 0.228 e. The molecule has 3 aromatic heterocycles. The molecule has 0 radical (unpaired) electrons. The quantitative estimate of drug-likeness (QED) is 0.333. The third kappa shape index (κ3) is 4.97. The molecule has 10 nitrogen and oxygen atoms in total. The Hall–Kier alpha value is -4.41. The first-order chi connectivity index (χ1) is 17.8. The lowest BCUT2D eigenvalue weighted by atomic mass is 9.79. The van der Waals surface area contributed by atoms with Crippen LogP contribution in [0, 0.1) is 11.2 Å². The average molecular weight is 501 g/mol. The van der Waals surface area contributed by atoms with Gasteiger partial charge in [-0.25, -0.2) is 24.0 Å². The van der Waals surface area contributed by atoms with Gasteiger partial charge in [0.15, 0.2) is 0 Å². The summed E-state index contributed by atoms with van der Waals surface area (Å²) in [6.07, 6.45) is 10.3. The third-order valence-corrected chi connectivity index (χ3v) is 6.75. The summed E-state index contributed by atoms with van der Waals surface area (Å²) >= 11 is 0. The number of hydrogen-bond donors (Lipinski definition) is 1. The summed E-state index contributed by atoms with van der Waals surface area (Å²) in [5, 5.41) is 16.4. The van der Waals surface area contributed by atoms with E-state index < -0.39 is 0 Å². The zero-order chi connectivity index (χ0) is 26.0. The zero-order valence-corrected chi connectivity index (χ0v) is 21.1. The second-order valence-corrected chi connectivity index (χ2v) is 9.48. The molecule has 0 unspecified atom stereocenters. The lowest BCUT2D eigenvalue weighted by molar-refractivity contribution is 0.370. The number of piperazine rings is 1. The molecular weight excluding hydrogens is 471 g/mol. The highest BCUT2D eigenvalue weighted by Gasteiger charge is 2.26. The van der Waals surface area contributed by atoms with E-state index in [1.807, 2.05) is 37.9 Å². The predicted octanol–water partition coefficient (Wildman–Crippen LogP) is 3.17. The molecular formula is C26H29FN10. The lowest BCUT2D eigenvalue weighted by Crippen LogP contribution is -2.51. The lowest BCUT2D eigenvalue weighted by Gasteiger charge is -2.36. The Morgan fingerprint density at radius 2 is 1.70 bits per heavy atom. The van der Waals surface area contributed by atoms with Gasteiger partial charge in [-0.05, 0) is 29.3 Å². The van der Waals surface area contributed by atoms with Crippen molar-refractivity contribution in [1.82, 2.24) is 34.4 Å². The van der Waals surface area contributed by atoms with Crippen LogP contribution in [0.1, 0.15) is 25.0 Å². The molecule has 0 aliphatic carbocycles. The fourth-order valence-corrected chi connectivity index (χ4v) is 4.43. The van der Waals surface area contributed by atoms with Crippen molar-refractivity contribution in [2.24, 2.45) is 12.0 Å². The highest BCUT2D eigenvalue weighted by atomic mass is 19.1. The molecule has 5 rings (SSSR count). The Kier molecular flexibility index (Phi) is 6.51. The van der Waals surface area contributed by atoms with E-state index in [2.05, 4.69) is 48.8 Å². The molecule has 1 saturated heterocycles. The number of rotatable bonds is 5. The maximum Gasteiger partial charge on any atom is 0.228 e. The summed E-state index contributed by atoms with van der Waals surface area (Å²) in [4.78, 5) is 17.8. The molecule has 1 fully saturated rings. The van der Waals surface area contributed by atoms with Gasteiger partial charge in [0.2, 0.25) is 11.9 Å². The summed E-state index contributed by atoms with van der Waals surface area (Å²) in [6, 6.07) is 8.47. The summed E-state index contributed by atoms with van der Waals surface area (Å²) in [5.74, 6) is 1.02. The van der Waals surface area contributed by atoms with Crippen molar-refractivity contribution < 1.29 is 4.39 Å². The molecule has 1 N–H and O–H groups in total. The fourth-order valence-electron chi connectivity index (χ4n) is 4.43. The number of benzene rings is 1. The van der Waals surface area contributed by atoms with Gasteiger partial charge in [0.05, 0.1) is 11.9 Å². The van der Waals surface area contributed by atoms with Gasteiger partial charge in [-0.15, -0.1) is 0 Å². The van der Waals surface area contributed by atoms with Crippen molar-refractivity contribution in [3.05, 3.63) is 78.3 Å². The molecule has 1 aliphatic rings. The van der Waals surface area contributed by atoms with Crippen LogP contribution in [0.3, 0.4) is 0 Å². The Morgan fingerprint density at radius 3 is 2.32 bits per heavy atom. The zero-order valence-electron chi connectivity index (χ0n) is 21.1. The number of aliphatic imine (C=N–C) groups is 1. The standard InChI is InChI=1S/C26H29FN10/c1-26(2,20-4-6-22(27)7-5-20)21-15-29-24(30-16-21)35-10-12-36(13-11-35)25(31-18-28)37-9-8-23(33-37)19-14-32-34(3)17-19/h4-9,14-18,28H,10-13H2,1-3H3/b28-18?,31-25-. The Morgan fingerprint density at radius 1 is 1.00 bits per heavy atom. The molecule has 4 aromatic rings. The molecule has 37 heavy (non-hydrogen) atoms. The molecule has 11 heteroatoms. The average Bonchev–Trinajstić information content (AvgIpc) is 3.57. The second-order valence-electron chi connectivity index (χ2n) is 9.48. The van der Waals surface area contributed by atoms with E-state index in [9.17, 15) is 4.39 Å². The van der Waals surface area contributed by atoms with E-state index in [0.29, 0.717) is 38.1 Å². The van der Waals surface area contributed by atoms with Crippen LogP contribution in [0.25, 0.3) is 11.3 Å². The molecule has 0 atom stereocenters. The number of aromatic nitrogens is 6. The van der Waals surface area contributed by atoms with Crippen LogP contribution >= 0.6 is 0 Å². The molecule has 0 saturated carbocycles. The highest BCUT2D eigenvalue weighted by molar-refractivity contribution is 5.88. The first kappa shape index (κ1) is 24.3. The topological polar surface area (TPSA) is 104 Å². The van der Waals surface area contributed by atoms with Crippen molar-refractivity contribution in [1.29, 1.82) is 5.41 Å². The second kappa shape index (κ2) is 9.92. The summed E-state index contributed by atoms with van der Waals surface area (Å²) < 4.78 is 16.8. The molecule has 0 bridgehead atoms. The summed E-state index contributed by atoms with van der Waals surface area (Å²) in [5.41, 5.74) is 3.33. The maximum atomic E-state index is 13.4. The summed E-state index contributed by atoms with van der Waals surface area (Å²) in [7, 11) is 1.87. The normalized spacial score (nSPS) is 14.8. The minimum Gasteiger partial charge on any atom is -0.337 e. The van der Waals surface area contributed by atoms with Crippen LogP contribution in [0.15, 0.2) is 66.3 Å². The minimum atomic E-state index is -0.346. The van der Waals surface area contributed by atoms with Gasteiger partial charge in [-0.1, -0.05) is 26.0 Å². The maximum absolute atomic E-state index is 13.4. The van der Waals surface area contributed by atoms with Gasteiger partial charge >= 0.3 is 0 Å². The number of halogens is 1. The fraction of sp³-hybridized carbons (Fsp3) is 0.308. The van der Waals surface area contributed by atoms with E-state index in [1.165, 1.54) is 12.1 Å². The molecule has 1 aromatic carbocycles. The van der Waals surface area contributed by atoms with Gasteiger partial charge in [-0.3, -0.25) is 10.1 Å². The van der Waals surface area contributed by atoms with E-state index in [1.54, 1.807) is 27.7 Å². The van der Waals surface area contributed by atoms with Crippen molar-refractivity contribution in [3.8, 4) is 11.3 Å². The van der Waals surface area contributed by atoms with Crippen molar-refractivity contribution in [2.75, 3.05) is 31.1 Å². The van der Waals surface area contributed by atoms with Crippen LogP contribution in [-0.2, 0) is 12.5 Å². The molecule has 0 spiro atoms. The van der Waals surface area contributed by atoms with Gasteiger partial charge in [-0.2, -0.15) is 10.2 Å². The largest absolute Gasteiger partial charge is 0.337 e. The van der Waals surface area contributed by atoms with Crippen LogP contribution in [-0.4, -0.2) is 72.9 Å². The molecule has 0 amide bonds. The molecule has 4 heterocycles. The van der Waals surface area contributed by atoms with Crippen LogP contribution in [0.4, 0.5) is 10.3 Å². The molecule has 190 valence electrons. The first-order valence-corrected chi connectivity index (χ1v) is 12.1. The van der Waals surface area contributed by atoms with E-state index in [-0.39, 0.29) is 11.2 Å². The van der Waals surface area contributed by atoms with Crippen LogP contribution in [0.2, 0.25) is 0 Å². The van der Waals surface area contributed by atoms with Crippen molar-refractivity contribution in [2.45, 2.75) is 19.3 Å². The van der Waals surface area contributed by atoms with E-state index >= 15 is 0 Å². The number of hydrogen-bond acceptors (Lipinski definition) is 6. The Balaban J connectivity index is 1.26. The van der Waals surface area contributed by atoms with E-state index in [4.69, 9.17) is 5.41 Å². The summed E-state index contributed by atoms with van der Waals surface area (Å²) in [6.45, 7) is 6.93. The number of aryl methyl sites for hydroxylation is 1. The van der Waals surface area contributed by atoms with Crippen LogP contribution in [0.5, 0.6) is 0 Å². The van der Waals surface area contributed by atoms with E-state index in [0.717, 1.165) is 28.7 Å². The van der Waals surface area contributed by atoms with Crippen molar-refractivity contribution in [3.63, 3.8) is 0 Å². The van der Waals surface area contributed by atoms with Gasteiger partial charge in [0.1, 0.15) is 12.2 Å². The minimum absolute atomic E-state index is 0.249. The van der Waals surface area contributed by atoms with Gasteiger partial charge < -0.3 is 9.80 Å². The third-order valence-electron chi connectivity index (χ3n) is 6.75. The molecule has 1 aliphatic heterocycles.